The smallest absolute Gasteiger partial charge is 0.251 e. The van der Waals surface area contributed by atoms with Gasteiger partial charge in [0.25, 0.3) is 6.43 Å². The molecule has 2 nitrogen and oxygen atoms in total. The normalized spacial score (nSPS) is 22.6. The van der Waals surface area contributed by atoms with Gasteiger partial charge in [-0.25, -0.2) is 8.78 Å². The summed E-state index contributed by atoms with van der Waals surface area (Å²) >= 11 is 0. The van der Waals surface area contributed by atoms with Crippen molar-refractivity contribution in [2.45, 2.75) is 26.2 Å². The van der Waals surface area contributed by atoms with Gasteiger partial charge in [0.2, 0.25) is 0 Å². The molecule has 1 fully saturated rings. The average Bonchev–Trinajstić information content (AvgIpc) is 2.09. The van der Waals surface area contributed by atoms with Gasteiger partial charge in [-0.3, -0.25) is 0 Å². The van der Waals surface area contributed by atoms with E-state index in [1.54, 1.807) is 11.9 Å². The topological polar surface area (TPSA) is 6.48 Å². The molecular formula is C11H22F2N2. The highest BCUT2D eigenvalue weighted by atomic mass is 19.3. The van der Waals surface area contributed by atoms with Crippen LogP contribution < -0.4 is 0 Å². The molecule has 0 atom stereocenters. The second-order valence-corrected chi connectivity index (χ2v) is 5.20. The van der Waals surface area contributed by atoms with Crippen LogP contribution in [0.15, 0.2) is 0 Å². The Morgan fingerprint density at radius 1 is 1.33 bits per heavy atom. The Morgan fingerprint density at radius 3 is 2.33 bits per heavy atom. The van der Waals surface area contributed by atoms with Gasteiger partial charge in [-0.1, -0.05) is 6.92 Å². The second kappa shape index (κ2) is 5.21. The summed E-state index contributed by atoms with van der Waals surface area (Å²) in [7, 11) is 3.90. The fourth-order valence-electron chi connectivity index (χ4n) is 2.27. The highest BCUT2D eigenvalue weighted by Crippen LogP contribution is 2.31. The minimum Gasteiger partial charge on any atom is -0.306 e. The van der Waals surface area contributed by atoms with Crippen LogP contribution in [0.1, 0.15) is 19.8 Å². The maximum atomic E-state index is 12.2. The molecule has 0 aromatic rings. The van der Waals surface area contributed by atoms with Crippen molar-refractivity contribution < 1.29 is 8.78 Å². The van der Waals surface area contributed by atoms with Gasteiger partial charge in [0.05, 0.1) is 6.54 Å². The second-order valence-electron chi connectivity index (χ2n) is 5.20. The first-order valence-corrected chi connectivity index (χ1v) is 5.56. The predicted molar refractivity (Wildman–Crippen MR) is 58.3 cm³/mol. The number of hydrogen-bond acceptors (Lipinski definition) is 2. The highest BCUT2D eigenvalue weighted by molar-refractivity contribution is 4.83. The molecule has 15 heavy (non-hydrogen) atoms. The molecule has 0 amide bonds. The van der Waals surface area contributed by atoms with Crippen LogP contribution in [0.5, 0.6) is 0 Å². The number of nitrogens with zero attached hydrogens (tertiary/aromatic N) is 2. The lowest BCUT2D eigenvalue weighted by atomic mass is 9.80. The third kappa shape index (κ3) is 4.43. The summed E-state index contributed by atoms with van der Waals surface area (Å²) in [5.41, 5.74) is 0.218. The molecule has 1 aliphatic heterocycles. The van der Waals surface area contributed by atoms with Gasteiger partial charge in [0.15, 0.2) is 0 Å². The summed E-state index contributed by atoms with van der Waals surface area (Å²) < 4.78 is 24.4. The molecule has 0 aliphatic carbocycles. The average molecular weight is 220 g/mol. The van der Waals surface area contributed by atoms with Crippen LogP contribution >= 0.6 is 0 Å². The van der Waals surface area contributed by atoms with Crippen molar-refractivity contribution in [2.24, 2.45) is 5.41 Å². The minimum atomic E-state index is -2.22. The van der Waals surface area contributed by atoms with Gasteiger partial charge in [-0.15, -0.1) is 0 Å². The zero-order valence-electron chi connectivity index (χ0n) is 9.97. The molecule has 0 radical (unpaired) electrons. The first-order chi connectivity index (χ1) is 6.91. The zero-order chi connectivity index (χ0) is 11.5. The number of alkyl halides is 2. The Balaban J connectivity index is 2.35. The van der Waals surface area contributed by atoms with Gasteiger partial charge < -0.3 is 9.80 Å². The van der Waals surface area contributed by atoms with Crippen LogP contribution in [0.4, 0.5) is 8.78 Å². The number of likely N-dealkylation sites (tertiary alicyclic amines) is 1. The fourth-order valence-corrected chi connectivity index (χ4v) is 2.27. The van der Waals surface area contributed by atoms with E-state index in [2.05, 4.69) is 18.9 Å². The van der Waals surface area contributed by atoms with Crippen molar-refractivity contribution in [1.82, 2.24) is 9.80 Å². The number of hydrogen-bond donors (Lipinski definition) is 0. The minimum absolute atomic E-state index is 0.106. The molecule has 4 heteroatoms. The predicted octanol–water partition coefficient (Wildman–Crippen LogP) is 1.92. The molecule has 0 saturated carbocycles. The van der Waals surface area contributed by atoms with Gasteiger partial charge in [-0.2, -0.15) is 0 Å². The Labute approximate surface area is 91.2 Å². The molecule has 1 heterocycles. The summed E-state index contributed by atoms with van der Waals surface area (Å²) in [6.07, 6.45) is -0.00129. The van der Waals surface area contributed by atoms with Crippen molar-refractivity contribution in [2.75, 3.05) is 40.3 Å². The summed E-state index contributed by atoms with van der Waals surface area (Å²) in [5, 5.41) is 0. The van der Waals surface area contributed by atoms with E-state index in [0.29, 0.717) is 0 Å². The van der Waals surface area contributed by atoms with Crippen LogP contribution in [0.25, 0.3) is 0 Å². The molecule has 0 aromatic carbocycles. The Kier molecular flexibility index (Phi) is 4.46. The molecule has 0 bridgehead atoms. The van der Waals surface area contributed by atoms with Crippen molar-refractivity contribution in [3.63, 3.8) is 0 Å². The number of halogens is 2. The first-order valence-electron chi connectivity index (χ1n) is 5.56. The molecule has 0 unspecified atom stereocenters. The summed E-state index contributed by atoms with van der Waals surface area (Å²) in [4.78, 5) is 4.06. The summed E-state index contributed by atoms with van der Waals surface area (Å²) in [6.45, 7) is 5.05. The van der Waals surface area contributed by atoms with Crippen LogP contribution in [-0.4, -0.2) is 56.5 Å². The van der Waals surface area contributed by atoms with E-state index in [1.165, 1.54) is 0 Å². The molecule has 0 N–H and O–H groups in total. The maximum Gasteiger partial charge on any atom is 0.251 e. The molecule has 90 valence electrons. The van der Waals surface area contributed by atoms with Gasteiger partial charge in [0.1, 0.15) is 0 Å². The lowest BCUT2D eigenvalue weighted by Gasteiger charge is -2.40. The van der Waals surface area contributed by atoms with E-state index in [4.69, 9.17) is 0 Å². The number of piperidine rings is 1. The van der Waals surface area contributed by atoms with E-state index in [1.807, 2.05) is 0 Å². The molecule has 1 saturated heterocycles. The van der Waals surface area contributed by atoms with E-state index < -0.39 is 6.43 Å². The molecule has 1 rings (SSSR count). The van der Waals surface area contributed by atoms with Crippen molar-refractivity contribution in [3.05, 3.63) is 0 Å². The lowest BCUT2D eigenvalue weighted by Crippen LogP contribution is -2.43. The van der Waals surface area contributed by atoms with E-state index in [0.717, 1.165) is 32.5 Å². The maximum absolute atomic E-state index is 12.2. The Morgan fingerprint density at radius 2 is 1.87 bits per heavy atom. The third-order valence-electron chi connectivity index (χ3n) is 3.30. The van der Waals surface area contributed by atoms with Gasteiger partial charge in [-0.05, 0) is 45.4 Å². The van der Waals surface area contributed by atoms with Crippen LogP contribution in [0.3, 0.4) is 0 Å². The molecule has 0 spiro atoms. The molecule has 0 aromatic heterocycles. The van der Waals surface area contributed by atoms with E-state index in [-0.39, 0.29) is 12.0 Å². The monoisotopic (exact) mass is 220 g/mol. The molecular weight excluding hydrogens is 198 g/mol. The largest absolute Gasteiger partial charge is 0.306 e. The summed E-state index contributed by atoms with van der Waals surface area (Å²) in [5.74, 6) is 0. The first kappa shape index (κ1) is 12.8. The van der Waals surface area contributed by atoms with Gasteiger partial charge in [0, 0.05) is 6.54 Å². The lowest BCUT2D eigenvalue weighted by molar-refractivity contribution is 0.0551. The Hall–Kier alpha value is -0.220. The summed E-state index contributed by atoms with van der Waals surface area (Å²) in [6, 6.07) is 0. The fraction of sp³-hybridized carbons (Fsp3) is 1.00. The number of rotatable bonds is 4. The van der Waals surface area contributed by atoms with Gasteiger partial charge >= 0.3 is 0 Å². The SMILES string of the molecule is CN1CCC(C)(CN(C)CC(F)F)CC1. The van der Waals surface area contributed by atoms with Crippen molar-refractivity contribution in [3.8, 4) is 0 Å². The highest BCUT2D eigenvalue weighted by Gasteiger charge is 2.30. The van der Waals surface area contributed by atoms with Crippen LogP contribution in [0, 0.1) is 5.41 Å². The third-order valence-corrected chi connectivity index (χ3v) is 3.30. The van der Waals surface area contributed by atoms with Crippen LogP contribution in [-0.2, 0) is 0 Å². The van der Waals surface area contributed by atoms with E-state index >= 15 is 0 Å². The zero-order valence-corrected chi connectivity index (χ0v) is 9.97. The quantitative estimate of drug-likeness (QED) is 0.714. The van der Waals surface area contributed by atoms with Crippen molar-refractivity contribution in [1.29, 1.82) is 0 Å². The van der Waals surface area contributed by atoms with Crippen LogP contribution in [0.2, 0.25) is 0 Å². The van der Waals surface area contributed by atoms with Crippen molar-refractivity contribution >= 4 is 0 Å². The van der Waals surface area contributed by atoms with E-state index in [9.17, 15) is 8.78 Å². The Bertz CT molecular complexity index is 189. The molecule has 1 aliphatic rings. The standard InChI is InChI=1S/C11H22F2N2/c1-11(4-6-14(2)7-5-11)9-15(3)8-10(12)13/h10H,4-9H2,1-3H3.